The molecule has 20 heavy (non-hydrogen) atoms. The lowest BCUT2D eigenvalue weighted by atomic mass is 9.97. The standard InChI is InChI=1S/C18H23NO/c1-15-9-7-8-12-17(15)18(20-14-13-19(2)3)16-10-5-4-6-11-16/h4-12,18H,13-14H2,1-3H3/i2D3,3D3,4D,5D,6D,10D,11D,14D2. The van der Waals surface area contributed by atoms with Crippen LogP contribution >= 0.6 is 0 Å². The molecule has 0 aliphatic carbocycles. The molecule has 1 unspecified atom stereocenters. The van der Waals surface area contributed by atoms with Gasteiger partial charge in [-0.3, -0.25) is 0 Å². The van der Waals surface area contributed by atoms with E-state index in [0.29, 0.717) is 5.56 Å². The summed E-state index contributed by atoms with van der Waals surface area (Å²) in [7, 11) is 0. The van der Waals surface area contributed by atoms with Crippen molar-refractivity contribution >= 4 is 0 Å². The summed E-state index contributed by atoms with van der Waals surface area (Å²) >= 11 is 0. The van der Waals surface area contributed by atoms with Crippen LogP contribution in [0.1, 0.15) is 40.6 Å². The van der Waals surface area contributed by atoms with Crippen molar-refractivity contribution in [3.8, 4) is 0 Å². The number of hydrogen-bond acceptors (Lipinski definition) is 2. The van der Waals surface area contributed by atoms with Gasteiger partial charge in [0, 0.05) is 14.8 Å². The molecule has 1 atom stereocenters. The van der Waals surface area contributed by atoms with Crippen LogP contribution < -0.4 is 0 Å². The molecule has 0 radical (unpaired) electrons. The van der Waals surface area contributed by atoms with E-state index in [4.69, 9.17) is 22.6 Å². The molecule has 0 bridgehead atoms. The van der Waals surface area contributed by atoms with E-state index in [1.165, 1.54) is 6.07 Å². The molecule has 2 rings (SSSR count). The van der Waals surface area contributed by atoms with Crippen molar-refractivity contribution in [1.29, 1.82) is 0 Å². The molecule has 0 saturated carbocycles. The van der Waals surface area contributed by atoms with Crippen molar-refractivity contribution in [2.45, 2.75) is 13.0 Å². The van der Waals surface area contributed by atoms with Crippen molar-refractivity contribution < 1.29 is 22.6 Å². The lowest BCUT2D eigenvalue weighted by Gasteiger charge is -2.22. The van der Waals surface area contributed by atoms with E-state index in [9.17, 15) is 0 Å². The van der Waals surface area contributed by atoms with Crippen LogP contribution in [-0.2, 0) is 4.74 Å². The normalized spacial score (nSPS) is 24.0. The number of ether oxygens (including phenoxy) is 1. The maximum Gasteiger partial charge on any atom is 0.108 e. The largest absolute Gasteiger partial charge is 0.367 e. The fourth-order valence-corrected chi connectivity index (χ4v) is 1.73. The van der Waals surface area contributed by atoms with Crippen LogP contribution in [0.15, 0.2) is 54.5 Å². The molecule has 0 aliphatic rings. The second-order valence-corrected chi connectivity index (χ2v) is 4.12. The zero-order chi connectivity index (χ0) is 25.5. The lowest BCUT2D eigenvalue weighted by molar-refractivity contribution is 0.0683. The highest BCUT2D eigenvalue weighted by molar-refractivity contribution is 5.35. The fraction of sp³-hybridized carbons (Fsp3) is 0.333. The molecule has 0 saturated heterocycles. The second-order valence-electron chi connectivity index (χ2n) is 4.12. The summed E-state index contributed by atoms with van der Waals surface area (Å²) in [4.78, 5) is -0.00312. The van der Waals surface area contributed by atoms with Crippen LogP contribution in [0.4, 0.5) is 0 Å². The predicted octanol–water partition coefficient (Wildman–Crippen LogP) is 3.66. The molecular weight excluding hydrogens is 246 g/mol. The fourth-order valence-electron chi connectivity index (χ4n) is 1.73. The predicted molar refractivity (Wildman–Crippen MR) is 84.0 cm³/mol. The van der Waals surface area contributed by atoms with E-state index in [2.05, 4.69) is 0 Å². The maximum absolute atomic E-state index is 8.27. The highest BCUT2D eigenvalue weighted by atomic mass is 16.5. The van der Waals surface area contributed by atoms with E-state index >= 15 is 0 Å². The van der Waals surface area contributed by atoms with Crippen LogP contribution in [0.2, 0.25) is 0 Å². The average Bonchev–Trinajstić information content (AvgIpc) is 2.67. The minimum Gasteiger partial charge on any atom is -0.367 e. The van der Waals surface area contributed by atoms with E-state index < -0.39 is 63.4 Å². The third-order valence-electron chi connectivity index (χ3n) is 2.68. The van der Waals surface area contributed by atoms with E-state index in [1.54, 1.807) is 25.1 Å². The molecule has 0 fully saturated rings. The van der Waals surface area contributed by atoms with Crippen molar-refractivity contribution in [3.63, 3.8) is 0 Å². The Morgan fingerprint density at radius 2 is 2.00 bits per heavy atom. The smallest absolute Gasteiger partial charge is 0.108 e. The number of rotatable bonds is 6. The molecule has 2 aromatic rings. The summed E-state index contributed by atoms with van der Waals surface area (Å²) in [5.41, 5.74) is 0.469. The molecule has 0 amide bonds. The first kappa shape index (κ1) is 5.28. The van der Waals surface area contributed by atoms with E-state index in [0.717, 1.165) is 0 Å². The summed E-state index contributed by atoms with van der Waals surface area (Å²) in [6.45, 7) is -8.79. The van der Waals surface area contributed by atoms with Crippen molar-refractivity contribution in [1.82, 2.24) is 4.90 Å². The van der Waals surface area contributed by atoms with Gasteiger partial charge < -0.3 is 9.64 Å². The van der Waals surface area contributed by atoms with Gasteiger partial charge in [0.15, 0.2) is 0 Å². The number of likely N-dealkylation sites (N-methyl/N-ethyl adjacent to an activating group) is 1. The zero-order valence-corrected chi connectivity index (χ0v) is 10.9. The van der Waals surface area contributed by atoms with Crippen molar-refractivity contribution in [2.75, 3.05) is 27.1 Å². The molecule has 0 N–H and O–H groups in total. The summed E-state index contributed by atoms with van der Waals surface area (Å²) in [5.74, 6) is 0. The molecule has 106 valence electrons. The third-order valence-corrected chi connectivity index (χ3v) is 2.68. The van der Waals surface area contributed by atoms with Gasteiger partial charge in [-0.1, -0.05) is 54.5 Å². The van der Waals surface area contributed by atoms with Gasteiger partial charge in [0.2, 0.25) is 0 Å². The van der Waals surface area contributed by atoms with Gasteiger partial charge in [-0.2, -0.15) is 0 Å². The van der Waals surface area contributed by atoms with Gasteiger partial charge in [-0.15, -0.1) is 0 Å². The molecule has 0 aromatic heterocycles. The Morgan fingerprint density at radius 3 is 2.70 bits per heavy atom. The number of nitrogens with zero attached hydrogens (tertiary/aromatic N) is 1. The van der Waals surface area contributed by atoms with Crippen molar-refractivity contribution in [2.24, 2.45) is 0 Å². The zero-order valence-electron chi connectivity index (χ0n) is 23.9. The first-order chi connectivity index (χ1) is 14.9. The average molecular weight is 282 g/mol. The van der Waals surface area contributed by atoms with Gasteiger partial charge in [-0.25, -0.2) is 0 Å². The quantitative estimate of drug-likeness (QED) is 0.801. The third kappa shape index (κ3) is 3.92. The Balaban J connectivity index is 2.67. The Morgan fingerprint density at radius 1 is 1.25 bits per heavy atom. The monoisotopic (exact) mass is 282 g/mol. The summed E-state index contributed by atoms with van der Waals surface area (Å²) in [5, 5.41) is 0. The minimum absolute atomic E-state index is 0.00312. The molecule has 2 aromatic carbocycles. The van der Waals surface area contributed by atoms with Crippen LogP contribution in [0, 0.1) is 6.92 Å². The molecule has 0 aliphatic heterocycles. The van der Waals surface area contributed by atoms with Crippen LogP contribution in [0.3, 0.4) is 0 Å². The maximum atomic E-state index is 8.27. The number of aryl methyl sites for hydroxylation is 1. The SMILES string of the molecule is [2H]c1c([2H])c([2H])c(C(OC([2H])([2H])CN(C([2H])([2H])[2H])C([2H])([2H])[2H])c2ccccc2C)c([2H])c1[2H]. The first-order valence-corrected chi connectivity index (χ1v) is 5.96. The molecule has 0 spiro atoms. The highest BCUT2D eigenvalue weighted by Gasteiger charge is 2.16. The lowest BCUT2D eigenvalue weighted by Crippen LogP contribution is -2.20. The van der Waals surface area contributed by atoms with E-state index in [-0.39, 0.29) is 16.0 Å². The molecule has 2 heteroatoms. The summed E-state index contributed by atoms with van der Waals surface area (Å²) < 4.78 is 107. The number of hydrogen-bond donors (Lipinski definition) is 0. The minimum atomic E-state index is -3.17. The first-order valence-electron chi connectivity index (χ1n) is 12.5. The van der Waals surface area contributed by atoms with Gasteiger partial charge in [0.25, 0.3) is 0 Å². The molecule has 0 heterocycles. The second kappa shape index (κ2) is 7.22. The topological polar surface area (TPSA) is 12.5 Å². The number of benzene rings is 2. The van der Waals surface area contributed by atoms with Gasteiger partial charge in [0.05, 0.1) is 16.2 Å². The van der Waals surface area contributed by atoms with Gasteiger partial charge in [-0.05, 0) is 37.6 Å². The Bertz CT molecular complexity index is 973. The Kier molecular flexibility index (Phi) is 1.91. The van der Waals surface area contributed by atoms with Crippen LogP contribution in [-0.4, -0.2) is 32.0 Å². The Hall–Kier alpha value is -1.64. The summed E-state index contributed by atoms with van der Waals surface area (Å²) in [6, 6.07) is 3.24. The van der Waals surface area contributed by atoms with Gasteiger partial charge in [0.1, 0.15) is 6.10 Å². The Labute approximate surface area is 140 Å². The van der Waals surface area contributed by atoms with Gasteiger partial charge >= 0.3 is 0 Å². The molecular formula is C18H23NO. The van der Waals surface area contributed by atoms with Crippen LogP contribution in [0.25, 0.3) is 0 Å². The van der Waals surface area contributed by atoms with Crippen LogP contribution in [0.5, 0.6) is 0 Å². The van der Waals surface area contributed by atoms with Crippen molar-refractivity contribution in [3.05, 3.63) is 71.2 Å². The highest BCUT2D eigenvalue weighted by Crippen LogP contribution is 2.28. The molecule has 2 nitrogen and oxygen atoms in total. The van der Waals surface area contributed by atoms with E-state index in [1.807, 2.05) is 0 Å². The summed E-state index contributed by atoms with van der Waals surface area (Å²) in [6.07, 6.45) is -1.55.